The van der Waals surface area contributed by atoms with E-state index in [0.29, 0.717) is 38.1 Å². The summed E-state index contributed by atoms with van der Waals surface area (Å²) in [5.74, 6) is 2.75. The number of nitrogens with one attached hydrogen (secondary N) is 2. The fourth-order valence-corrected chi connectivity index (χ4v) is 3.24. The molecule has 0 saturated carbocycles. The second-order valence-corrected chi connectivity index (χ2v) is 7.37. The van der Waals surface area contributed by atoms with E-state index < -0.39 is 0 Å². The quantitative estimate of drug-likeness (QED) is 0.487. The molecule has 0 amide bonds. The van der Waals surface area contributed by atoms with Gasteiger partial charge in [0.1, 0.15) is 5.75 Å². The molecule has 1 fully saturated rings. The number of benzene rings is 1. The Kier molecular flexibility index (Phi) is 8.32. The van der Waals surface area contributed by atoms with Gasteiger partial charge in [-0.2, -0.15) is 0 Å². The number of aromatic nitrogens is 1. The molecule has 30 heavy (non-hydrogen) atoms. The number of guanidine groups is 1. The van der Waals surface area contributed by atoms with Gasteiger partial charge >= 0.3 is 0 Å². The van der Waals surface area contributed by atoms with E-state index in [-0.39, 0.29) is 0 Å². The molecule has 0 aliphatic carbocycles. The van der Waals surface area contributed by atoms with E-state index in [1.165, 1.54) is 5.56 Å². The lowest BCUT2D eigenvalue weighted by molar-refractivity contribution is 0.166. The van der Waals surface area contributed by atoms with Gasteiger partial charge in [-0.3, -0.25) is 4.99 Å². The van der Waals surface area contributed by atoms with Crippen LogP contribution in [-0.4, -0.2) is 44.4 Å². The van der Waals surface area contributed by atoms with Gasteiger partial charge in [0.05, 0.1) is 19.8 Å². The molecule has 1 unspecified atom stereocenters. The molecule has 1 aliphatic heterocycles. The Balaban J connectivity index is 1.54. The molecule has 0 radical (unpaired) electrons. The van der Waals surface area contributed by atoms with E-state index in [4.69, 9.17) is 14.2 Å². The van der Waals surface area contributed by atoms with Gasteiger partial charge in [0.2, 0.25) is 5.88 Å². The summed E-state index contributed by atoms with van der Waals surface area (Å²) < 4.78 is 17.0. The van der Waals surface area contributed by atoms with Gasteiger partial charge in [0, 0.05) is 50.5 Å². The summed E-state index contributed by atoms with van der Waals surface area (Å²) in [6.07, 6.45) is 2.82. The molecule has 1 atom stereocenters. The topological polar surface area (TPSA) is 77.0 Å². The highest BCUT2D eigenvalue weighted by Crippen LogP contribution is 2.22. The lowest BCUT2D eigenvalue weighted by Gasteiger charge is -2.17. The summed E-state index contributed by atoms with van der Waals surface area (Å²) in [6.45, 7) is 8.18. The second-order valence-electron chi connectivity index (χ2n) is 7.37. The maximum absolute atomic E-state index is 6.13. The first-order chi connectivity index (χ1) is 14.7. The first-order valence-corrected chi connectivity index (χ1v) is 10.5. The first kappa shape index (κ1) is 21.9. The van der Waals surface area contributed by atoms with Crippen LogP contribution in [0.4, 0.5) is 0 Å². The van der Waals surface area contributed by atoms with E-state index >= 15 is 0 Å². The molecule has 0 bridgehead atoms. The summed E-state index contributed by atoms with van der Waals surface area (Å²) in [7, 11) is 1.76. The molecule has 162 valence electrons. The Hall–Kier alpha value is -2.80. The molecule has 1 aliphatic rings. The van der Waals surface area contributed by atoms with Crippen LogP contribution in [-0.2, 0) is 17.8 Å². The average molecular weight is 413 g/mol. The standard InChI is InChI=1S/C23H32N4O3/c1-4-29-22-12-18(7-9-25-22)13-26-23(24-3)27-14-20-6-5-17(2)11-21(20)30-16-19-8-10-28-15-19/h5-7,9,11-12,19H,4,8,10,13-16H2,1-3H3,(H2,24,26,27). The predicted molar refractivity (Wildman–Crippen MR) is 118 cm³/mol. The maximum Gasteiger partial charge on any atom is 0.213 e. The molecule has 2 aromatic rings. The Morgan fingerprint density at radius 3 is 2.83 bits per heavy atom. The molecule has 1 saturated heterocycles. The van der Waals surface area contributed by atoms with E-state index in [1.54, 1.807) is 13.2 Å². The number of ether oxygens (including phenoxy) is 3. The zero-order chi connectivity index (χ0) is 21.2. The number of aryl methyl sites for hydroxylation is 1. The molecular formula is C23H32N4O3. The summed E-state index contributed by atoms with van der Waals surface area (Å²) in [5, 5.41) is 6.70. The summed E-state index contributed by atoms with van der Waals surface area (Å²) >= 11 is 0. The number of aliphatic imine (C=N–C) groups is 1. The van der Waals surface area contributed by atoms with Crippen LogP contribution >= 0.6 is 0 Å². The van der Waals surface area contributed by atoms with Crippen molar-refractivity contribution in [2.45, 2.75) is 33.4 Å². The van der Waals surface area contributed by atoms with Crippen molar-refractivity contribution in [3.05, 3.63) is 53.2 Å². The van der Waals surface area contributed by atoms with Gasteiger partial charge in [-0.1, -0.05) is 12.1 Å². The molecule has 3 rings (SSSR count). The molecule has 0 spiro atoms. The van der Waals surface area contributed by atoms with Gasteiger partial charge < -0.3 is 24.8 Å². The van der Waals surface area contributed by atoms with Gasteiger partial charge in [0.25, 0.3) is 0 Å². The Morgan fingerprint density at radius 1 is 1.20 bits per heavy atom. The lowest BCUT2D eigenvalue weighted by Crippen LogP contribution is -2.36. The highest BCUT2D eigenvalue weighted by atomic mass is 16.5. The van der Waals surface area contributed by atoms with Gasteiger partial charge in [-0.15, -0.1) is 0 Å². The molecular weight excluding hydrogens is 380 g/mol. The van der Waals surface area contributed by atoms with Crippen LogP contribution in [0.3, 0.4) is 0 Å². The lowest BCUT2D eigenvalue weighted by atomic mass is 10.1. The van der Waals surface area contributed by atoms with Gasteiger partial charge in [-0.25, -0.2) is 4.98 Å². The number of hydrogen-bond acceptors (Lipinski definition) is 5. The normalized spacial score (nSPS) is 16.4. The fraction of sp³-hybridized carbons (Fsp3) is 0.478. The largest absolute Gasteiger partial charge is 0.493 e. The summed E-state index contributed by atoms with van der Waals surface area (Å²) in [6, 6.07) is 10.2. The van der Waals surface area contributed by atoms with Crippen LogP contribution in [0.5, 0.6) is 11.6 Å². The minimum Gasteiger partial charge on any atom is -0.493 e. The average Bonchev–Trinajstić information content (AvgIpc) is 3.27. The van der Waals surface area contributed by atoms with Crippen LogP contribution in [0, 0.1) is 12.8 Å². The van der Waals surface area contributed by atoms with Gasteiger partial charge in [0.15, 0.2) is 5.96 Å². The minimum absolute atomic E-state index is 0.475. The predicted octanol–water partition coefficient (Wildman–Crippen LogP) is 3.07. The van der Waals surface area contributed by atoms with Crippen molar-refractivity contribution in [2.75, 3.05) is 33.5 Å². The minimum atomic E-state index is 0.475. The number of rotatable bonds is 9. The summed E-state index contributed by atoms with van der Waals surface area (Å²) in [5.41, 5.74) is 3.36. The highest BCUT2D eigenvalue weighted by molar-refractivity contribution is 5.79. The molecule has 2 N–H and O–H groups in total. The number of nitrogens with zero attached hydrogens (tertiary/aromatic N) is 2. The van der Waals surface area contributed by atoms with E-state index in [9.17, 15) is 0 Å². The maximum atomic E-state index is 6.13. The molecule has 2 heterocycles. The van der Waals surface area contributed by atoms with E-state index in [1.807, 2.05) is 19.1 Å². The Morgan fingerprint density at radius 2 is 2.07 bits per heavy atom. The molecule has 7 heteroatoms. The van der Waals surface area contributed by atoms with Crippen molar-refractivity contribution in [2.24, 2.45) is 10.9 Å². The van der Waals surface area contributed by atoms with Crippen molar-refractivity contribution in [1.29, 1.82) is 0 Å². The van der Waals surface area contributed by atoms with Crippen molar-refractivity contribution >= 4 is 5.96 Å². The third-order valence-corrected chi connectivity index (χ3v) is 4.94. The Bertz CT molecular complexity index is 835. The number of pyridine rings is 1. The van der Waals surface area contributed by atoms with Crippen molar-refractivity contribution in [3.63, 3.8) is 0 Å². The van der Waals surface area contributed by atoms with Crippen LogP contribution < -0.4 is 20.1 Å². The third-order valence-electron chi connectivity index (χ3n) is 4.94. The van der Waals surface area contributed by atoms with Crippen molar-refractivity contribution in [1.82, 2.24) is 15.6 Å². The number of hydrogen-bond donors (Lipinski definition) is 2. The second kappa shape index (κ2) is 11.4. The monoisotopic (exact) mass is 412 g/mol. The van der Waals surface area contributed by atoms with Crippen molar-refractivity contribution < 1.29 is 14.2 Å². The summed E-state index contributed by atoms with van der Waals surface area (Å²) in [4.78, 5) is 8.52. The van der Waals surface area contributed by atoms with Gasteiger partial charge in [-0.05, 0) is 43.5 Å². The van der Waals surface area contributed by atoms with Crippen molar-refractivity contribution in [3.8, 4) is 11.6 Å². The third kappa shape index (κ3) is 6.62. The zero-order valence-electron chi connectivity index (χ0n) is 18.1. The van der Waals surface area contributed by atoms with Crippen LogP contribution in [0.15, 0.2) is 41.5 Å². The highest BCUT2D eigenvalue weighted by Gasteiger charge is 2.17. The van der Waals surface area contributed by atoms with E-state index in [0.717, 1.165) is 42.5 Å². The van der Waals surface area contributed by atoms with Crippen LogP contribution in [0.2, 0.25) is 0 Å². The fourth-order valence-electron chi connectivity index (χ4n) is 3.24. The molecule has 1 aromatic heterocycles. The molecule has 7 nitrogen and oxygen atoms in total. The first-order valence-electron chi connectivity index (χ1n) is 10.5. The smallest absolute Gasteiger partial charge is 0.213 e. The van der Waals surface area contributed by atoms with E-state index in [2.05, 4.69) is 45.7 Å². The zero-order valence-corrected chi connectivity index (χ0v) is 18.1. The van der Waals surface area contributed by atoms with Crippen LogP contribution in [0.25, 0.3) is 0 Å². The van der Waals surface area contributed by atoms with Crippen LogP contribution in [0.1, 0.15) is 30.0 Å². The SMILES string of the molecule is CCOc1cc(CNC(=NC)NCc2ccc(C)cc2OCC2CCOC2)ccn1. The Labute approximate surface area is 178 Å². The molecule has 1 aromatic carbocycles.